The maximum atomic E-state index is 9.97. The van der Waals surface area contributed by atoms with Crippen molar-refractivity contribution in [2.24, 2.45) is 0 Å². The molecule has 0 saturated heterocycles. The maximum absolute atomic E-state index is 9.97. The number of rotatable bonds is 0. The number of hydrogen-bond donors (Lipinski definition) is 1. The molecule has 1 unspecified atom stereocenters. The molecule has 0 amide bonds. The predicted octanol–water partition coefficient (Wildman–Crippen LogP) is 2.54. The molecule has 1 aromatic rings. The monoisotopic (exact) mass is 186 g/mol. The summed E-state index contributed by atoms with van der Waals surface area (Å²) >= 11 is 0. The number of aliphatic hydroxyl groups excluding tert-OH is 1. The van der Waals surface area contributed by atoms with E-state index in [0.29, 0.717) is 0 Å². The summed E-state index contributed by atoms with van der Waals surface area (Å²) in [5, 5.41) is 9.97. The summed E-state index contributed by atoms with van der Waals surface area (Å²) < 4.78 is 0. The molecule has 0 aromatic heterocycles. The van der Waals surface area contributed by atoms with Gasteiger partial charge in [0, 0.05) is 0 Å². The number of aliphatic hydroxyl groups is 1. The molecule has 2 aliphatic rings. The lowest BCUT2D eigenvalue weighted by molar-refractivity contribution is 0.213. The number of benzene rings is 1. The summed E-state index contributed by atoms with van der Waals surface area (Å²) in [7, 11) is 0. The van der Waals surface area contributed by atoms with Crippen LogP contribution in [0.15, 0.2) is 29.8 Å². The summed E-state index contributed by atoms with van der Waals surface area (Å²) in [6.45, 7) is 0. The Balaban J connectivity index is 2.14. The molecule has 0 heterocycles. The molecule has 3 rings (SSSR count). The van der Waals surface area contributed by atoms with Gasteiger partial charge in [0.2, 0.25) is 0 Å². The summed E-state index contributed by atoms with van der Waals surface area (Å²) in [5.74, 6) is 0. The highest BCUT2D eigenvalue weighted by molar-refractivity contribution is 5.79. The Morgan fingerprint density at radius 2 is 2.07 bits per heavy atom. The van der Waals surface area contributed by atoms with Gasteiger partial charge in [0.05, 0.1) is 6.10 Å². The van der Waals surface area contributed by atoms with Gasteiger partial charge in [-0.05, 0) is 42.4 Å². The Bertz CT molecular complexity index is 403. The van der Waals surface area contributed by atoms with Gasteiger partial charge in [-0.25, -0.2) is 0 Å². The van der Waals surface area contributed by atoms with Crippen molar-refractivity contribution in [2.75, 3.05) is 0 Å². The molecule has 1 aromatic carbocycles. The minimum atomic E-state index is -0.206. The molecule has 1 N–H and O–H groups in total. The van der Waals surface area contributed by atoms with Gasteiger partial charge in [0.25, 0.3) is 0 Å². The van der Waals surface area contributed by atoms with Crippen LogP contribution < -0.4 is 0 Å². The second kappa shape index (κ2) is 2.96. The van der Waals surface area contributed by atoms with Crippen LogP contribution in [0.3, 0.4) is 0 Å². The predicted molar refractivity (Wildman–Crippen MR) is 56.9 cm³/mol. The fourth-order valence-electron chi connectivity index (χ4n) is 2.74. The first-order valence-corrected chi connectivity index (χ1v) is 5.34. The lowest BCUT2D eigenvalue weighted by atomic mass is 9.89. The molecule has 2 aliphatic carbocycles. The zero-order chi connectivity index (χ0) is 9.54. The molecule has 0 aliphatic heterocycles. The first-order valence-electron chi connectivity index (χ1n) is 5.34. The highest BCUT2D eigenvalue weighted by atomic mass is 16.3. The van der Waals surface area contributed by atoms with E-state index in [4.69, 9.17) is 0 Å². The SMILES string of the molecule is OC1CCCC2=C1c1ccccc1C2. The Kier molecular flexibility index (Phi) is 1.74. The third kappa shape index (κ3) is 1.05. The maximum Gasteiger partial charge on any atom is 0.0795 e. The average Bonchev–Trinajstić information content (AvgIpc) is 2.57. The van der Waals surface area contributed by atoms with Gasteiger partial charge >= 0.3 is 0 Å². The van der Waals surface area contributed by atoms with Crippen LogP contribution in [0.2, 0.25) is 0 Å². The quantitative estimate of drug-likeness (QED) is 0.660. The normalized spacial score (nSPS) is 24.8. The molecule has 0 saturated carbocycles. The van der Waals surface area contributed by atoms with Crippen LogP contribution in [0.4, 0.5) is 0 Å². The second-order valence-corrected chi connectivity index (χ2v) is 4.26. The van der Waals surface area contributed by atoms with Crippen molar-refractivity contribution in [3.05, 3.63) is 41.0 Å². The van der Waals surface area contributed by atoms with E-state index >= 15 is 0 Å². The highest BCUT2D eigenvalue weighted by Crippen LogP contribution is 2.41. The van der Waals surface area contributed by atoms with E-state index in [1.807, 2.05) is 0 Å². The Labute approximate surface area is 84.1 Å². The van der Waals surface area contributed by atoms with Crippen LogP contribution in [0.1, 0.15) is 30.4 Å². The Morgan fingerprint density at radius 1 is 1.21 bits per heavy atom. The van der Waals surface area contributed by atoms with E-state index in [1.165, 1.54) is 28.7 Å². The molecule has 1 heteroatoms. The molecule has 14 heavy (non-hydrogen) atoms. The van der Waals surface area contributed by atoms with Crippen LogP contribution in [-0.4, -0.2) is 11.2 Å². The van der Waals surface area contributed by atoms with Crippen LogP contribution in [0, 0.1) is 0 Å². The zero-order valence-electron chi connectivity index (χ0n) is 8.16. The molecule has 0 radical (unpaired) electrons. The van der Waals surface area contributed by atoms with Gasteiger partial charge in [0.1, 0.15) is 0 Å². The van der Waals surface area contributed by atoms with Crippen molar-refractivity contribution in [3.63, 3.8) is 0 Å². The summed E-state index contributed by atoms with van der Waals surface area (Å²) in [4.78, 5) is 0. The second-order valence-electron chi connectivity index (χ2n) is 4.26. The first kappa shape index (κ1) is 8.25. The van der Waals surface area contributed by atoms with Crippen LogP contribution in [-0.2, 0) is 6.42 Å². The molecule has 1 atom stereocenters. The summed E-state index contributed by atoms with van der Waals surface area (Å²) in [5.41, 5.74) is 5.42. The van der Waals surface area contributed by atoms with E-state index in [2.05, 4.69) is 24.3 Å². The van der Waals surface area contributed by atoms with E-state index < -0.39 is 0 Å². The summed E-state index contributed by atoms with van der Waals surface area (Å²) in [6.07, 6.45) is 4.13. The van der Waals surface area contributed by atoms with Gasteiger partial charge in [0.15, 0.2) is 0 Å². The highest BCUT2D eigenvalue weighted by Gasteiger charge is 2.28. The molecule has 72 valence electrons. The topological polar surface area (TPSA) is 20.2 Å². The lowest BCUT2D eigenvalue weighted by Crippen LogP contribution is -2.13. The Hall–Kier alpha value is -1.08. The minimum absolute atomic E-state index is 0.206. The third-order valence-electron chi connectivity index (χ3n) is 3.38. The third-order valence-corrected chi connectivity index (χ3v) is 3.38. The van der Waals surface area contributed by atoms with Crippen molar-refractivity contribution in [1.82, 2.24) is 0 Å². The van der Waals surface area contributed by atoms with Gasteiger partial charge in [-0.15, -0.1) is 0 Å². The molecular formula is C13H14O. The number of allylic oxidation sites excluding steroid dienone is 1. The number of hydrogen-bond acceptors (Lipinski definition) is 1. The van der Waals surface area contributed by atoms with Crippen LogP contribution in [0.25, 0.3) is 5.57 Å². The fraction of sp³-hybridized carbons (Fsp3) is 0.385. The molecule has 1 nitrogen and oxygen atoms in total. The van der Waals surface area contributed by atoms with Gasteiger partial charge in [-0.2, -0.15) is 0 Å². The van der Waals surface area contributed by atoms with Crippen molar-refractivity contribution in [2.45, 2.75) is 31.8 Å². The van der Waals surface area contributed by atoms with E-state index in [1.54, 1.807) is 0 Å². The molecule has 0 fully saturated rings. The Morgan fingerprint density at radius 3 is 3.00 bits per heavy atom. The van der Waals surface area contributed by atoms with Crippen molar-refractivity contribution in [3.8, 4) is 0 Å². The number of fused-ring (bicyclic) bond motifs is 2. The van der Waals surface area contributed by atoms with Crippen LogP contribution in [0.5, 0.6) is 0 Å². The van der Waals surface area contributed by atoms with E-state index in [9.17, 15) is 5.11 Å². The lowest BCUT2D eigenvalue weighted by Gasteiger charge is -2.20. The summed E-state index contributed by atoms with van der Waals surface area (Å²) in [6, 6.07) is 8.48. The van der Waals surface area contributed by atoms with Gasteiger partial charge in [-0.1, -0.05) is 29.8 Å². The zero-order valence-corrected chi connectivity index (χ0v) is 8.16. The van der Waals surface area contributed by atoms with Crippen molar-refractivity contribution >= 4 is 5.57 Å². The first-order chi connectivity index (χ1) is 6.86. The van der Waals surface area contributed by atoms with E-state index in [0.717, 1.165) is 19.3 Å². The standard InChI is InChI=1S/C13H14O/c14-12-7-3-5-10-8-9-4-1-2-6-11(9)13(10)12/h1-2,4,6,12,14H,3,5,7-8H2. The van der Waals surface area contributed by atoms with Crippen LogP contribution >= 0.6 is 0 Å². The smallest absolute Gasteiger partial charge is 0.0795 e. The fourth-order valence-corrected chi connectivity index (χ4v) is 2.74. The molecule has 0 spiro atoms. The largest absolute Gasteiger partial charge is 0.388 e. The minimum Gasteiger partial charge on any atom is -0.388 e. The molecule has 0 bridgehead atoms. The average molecular weight is 186 g/mol. The van der Waals surface area contributed by atoms with Crippen molar-refractivity contribution < 1.29 is 5.11 Å². The van der Waals surface area contributed by atoms with Crippen molar-refractivity contribution in [1.29, 1.82) is 0 Å². The van der Waals surface area contributed by atoms with E-state index in [-0.39, 0.29) is 6.10 Å². The van der Waals surface area contributed by atoms with Gasteiger partial charge < -0.3 is 5.11 Å². The van der Waals surface area contributed by atoms with Gasteiger partial charge in [-0.3, -0.25) is 0 Å². The molecular weight excluding hydrogens is 172 g/mol.